The normalized spacial score (nSPS) is 11.0. The van der Waals surface area contributed by atoms with Gasteiger partial charge in [0, 0.05) is 25.2 Å². The van der Waals surface area contributed by atoms with Crippen molar-refractivity contribution in [3.63, 3.8) is 0 Å². The number of para-hydroxylation sites is 1. The van der Waals surface area contributed by atoms with Gasteiger partial charge in [0.2, 0.25) is 0 Å². The molecule has 4 nitrogen and oxygen atoms in total. The zero-order valence-electron chi connectivity index (χ0n) is 12.1. The van der Waals surface area contributed by atoms with E-state index in [0.717, 1.165) is 11.1 Å². The number of pyridine rings is 1. The summed E-state index contributed by atoms with van der Waals surface area (Å²) in [5, 5.41) is 0.866. The number of benzene rings is 2. The number of aryl methyl sites for hydroxylation is 1. The summed E-state index contributed by atoms with van der Waals surface area (Å²) in [6.45, 7) is 1.86. The number of fused-ring (bicyclic) bond motifs is 1. The minimum atomic E-state index is -3.73. The molecular formula is C16H13N2O2SZn-. The Hall–Kier alpha value is -1.78. The van der Waals surface area contributed by atoms with Crippen molar-refractivity contribution in [1.29, 1.82) is 0 Å². The molecular weight excluding hydrogens is 350 g/mol. The van der Waals surface area contributed by atoms with E-state index >= 15 is 0 Å². The van der Waals surface area contributed by atoms with Crippen LogP contribution in [0.4, 0.5) is 5.69 Å². The van der Waals surface area contributed by atoms with Crippen molar-refractivity contribution in [2.45, 2.75) is 11.8 Å². The third-order valence-electron chi connectivity index (χ3n) is 3.10. The molecule has 0 saturated carbocycles. The molecule has 0 N–H and O–H groups in total. The largest absolute Gasteiger partial charge is 0.571 e. The predicted molar refractivity (Wildman–Crippen MR) is 83.1 cm³/mol. The molecule has 22 heavy (non-hydrogen) atoms. The van der Waals surface area contributed by atoms with E-state index in [9.17, 15) is 8.42 Å². The first-order valence-electron chi connectivity index (χ1n) is 6.46. The average Bonchev–Trinajstić information content (AvgIpc) is 2.48. The molecule has 108 valence electrons. The molecule has 0 atom stereocenters. The van der Waals surface area contributed by atoms with Crippen molar-refractivity contribution in [2.24, 2.45) is 0 Å². The second-order valence-electron chi connectivity index (χ2n) is 4.68. The summed E-state index contributed by atoms with van der Waals surface area (Å²) in [5.41, 5.74) is 1.78. The first kappa shape index (κ1) is 16.6. The Balaban J connectivity index is 0.00000176. The van der Waals surface area contributed by atoms with Gasteiger partial charge in [-0.25, -0.2) is 8.42 Å². The molecule has 3 aromatic rings. The third-order valence-corrected chi connectivity index (χ3v) is 4.40. The van der Waals surface area contributed by atoms with Gasteiger partial charge in [0.15, 0.2) is 0 Å². The molecule has 1 heterocycles. The molecule has 0 spiro atoms. The first-order chi connectivity index (χ1) is 10.1. The Bertz CT molecular complexity index is 896. The molecule has 0 radical (unpaired) electrons. The SMILES string of the molecule is Cc1ccc2cccc([N-]S(=O)(=O)c3ccccc3)c2n1.[Zn]. The van der Waals surface area contributed by atoms with Crippen molar-refractivity contribution >= 4 is 26.6 Å². The zero-order valence-corrected chi connectivity index (χ0v) is 15.9. The maximum atomic E-state index is 12.3. The van der Waals surface area contributed by atoms with Gasteiger partial charge in [-0.05, 0) is 30.5 Å². The third kappa shape index (κ3) is 3.34. The van der Waals surface area contributed by atoms with Crippen LogP contribution in [0.3, 0.4) is 0 Å². The quantitative estimate of drug-likeness (QED) is 0.663. The van der Waals surface area contributed by atoms with Gasteiger partial charge in [0.05, 0.1) is 10.4 Å². The first-order valence-corrected chi connectivity index (χ1v) is 7.90. The number of rotatable bonds is 3. The van der Waals surface area contributed by atoms with Crippen LogP contribution in [0.2, 0.25) is 0 Å². The van der Waals surface area contributed by atoms with E-state index in [1.807, 2.05) is 25.1 Å². The summed E-state index contributed by atoms with van der Waals surface area (Å²) in [5.74, 6) is 0. The smallest absolute Gasteiger partial charge is 0.123 e. The van der Waals surface area contributed by atoms with E-state index in [2.05, 4.69) is 9.71 Å². The maximum absolute atomic E-state index is 12.3. The minimum absolute atomic E-state index is 0. The minimum Gasteiger partial charge on any atom is -0.571 e. The van der Waals surface area contributed by atoms with Gasteiger partial charge < -0.3 is 4.72 Å². The van der Waals surface area contributed by atoms with Gasteiger partial charge >= 0.3 is 0 Å². The molecule has 6 heteroatoms. The molecule has 0 aliphatic carbocycles. The monoisotopic (exact) mass is 361 g/mol. The second-order valence-corrected chi connectivity index (χ2v) is 6.29. The van der Waals surface area contributed by atoms with Crippen molar-refractivity contribution in [3.8, 4) is 0 Å². The Morgan fingerprint density at radius 1 is 0.909 bits per heavy atom. The molecule has 0 amide bonds. The molecule has 0 bridgehead atoms. The van der Waals surface area contributed by atoms with Gasteiger partial charge in [-0.3, -0.25) is 4.98 Å². The molecule has 0 aliphatic heterocycles. The van der Waals surface area contributed by atoms with E-state index in [0.29, 0.717) is 11.2 Å². The van der Waals surface area contributed by atoms with E-state index < -0.39 is 10.0 Å². The Morgan fingerprint density at radius 2 is 1.64 bits per heavy atom. The number of hydrogen-bond donors (Lipinski definition) is 0. The van der Waals surface area contributed by atoms with Gasteiger partial charge in [-0.15, -0.1) is 5.69 Å². The van der Waals surface area contributed by atoms with Crippen LogP contribution in [0.15, 0.2) is 65.6 Å². The zero-order chi connectivity index (χ0) is 14.9. The maximum Gasteiger partial charge on any atom is 0.123 e. The van der Waals surface area contributed by atoms with Gasteiger partial charge in [0.25, 0.3) is 0 Å². The number of aromatic nitrogens is 1. The molecule has 0 fully saturated rings. The van der Waals surface area contributed by atoms with Crippen LogP contribution >= 0.6 is 0 Å². The summed E-state index contributed by atoms with van der Waals surface area (Å²) in [6.07, 6.45) is 0. The van der Waals surface area contributed by atoms with Crippen LogP contribution in [0.1, 0.15) is 5.69 Å². The van der Waals surface area contributed by atoms with Crippen LogP contribution in [-0.4, -0.2) is 13.4 Å². The van der Waals surface area contributed by atoms with Crippen molar-refractivity contribution < 1.29 is 27.9 Å². The molecule has 1 aromatic heterocycles. The summed E-state index contributed by atoms with van der Waals surface area (Å²) in [4.78, 5) is 4.57. The standard InChI is InChI=1S/C16H13N2O2S.Zn/c1-12-10-11-13-6-5-9-15(16(13)17-12)18-21(19,20)14-7-3-2-4-8-14;/h2-11H,1H3;/q-1;. The van der Waals surface area contributed by atoms with E-state index in [-0.39, 0.29) is 24.4 Å². The van der Waals surface area contributed by atoms with Crippen LogP contribution in [0.5, 0.6) is 0 Å². The number of sulfonamides is 1. The van der Waals surface area contributed by atoms with Crippen LogP contribution in [0, 0.1) is 6.92 Å². The Labute approximate surface area is 142 Å². The molecule has 0 aliphatic rings. The summed E-state index contributed by atoms with van der Waals surface area (Å²) < 4.78 is 28.6. The predicted octanol–water partition coefficient (Wildman–Crippen LogP) is 3.93. The van der Waals surface area contributed by atoms with Gasteiger partial charge in [-0.1, -0.05) is 42.5 Å². The van der Waals surface area contributed by atoms with Gasteiger partial charge in [-0.2, -0.15) is 0 Å². The van der Waals surface area contributed by atoms with E-state index in [1.165, 1.54) is 12.1 Å². The Kier molecular flexibility index (Phi) is 4.94. The summed E-state index contributed by atoms with van der Waals surface area (Å²) in [6, 6.07) is 17.3. The van der Waals surface area contributed by atoms with Crippen molar-refractivity contribution in [2.75, 3.05) is 0 Å². The molecule has 0 saturated heterocycles. The summed E-state index contributed by atoms with van der Waals surface area (Å²) in [7, 11) is -3.73. The fraction of sp³-hybridized carbons (Fsp3) is 0.0625. The van der Waals surface area contributed by atoms with Crippen molar-refractivity contribution in [3.05, 3.63) is 71.1 Å². The fourth-order valence-electron chi connectivity index (χ4n) is 2.08. The Morgan fingerprint density at radius 3 is 2.36 bits per heavy atom. The molecule has 2 aromatic carbocycles. The number of nitrogens with zero attached hydrogens (tertiary/aromatic N) is 2. The average molecular weight is 363 g/mol. The molecule has 0 unspecified atom stereocenters. The topological polar surface area (TPSA) is 61.1 Å². The van der Waals surface area contributed by atoms with E-state index in [1.54, 1.807) is 30.3 Å². The summed E-state index contributed by atoms with van der Waals surface area (Å²) >= 11 is 0. The van der Waals surface area contributed by atoms with Gasteiger partial charge in [0.1, 0.15) is 10.0 Å². The van der Waals surface area contributed by atoms with Crippen LogP contribution < -0.4 is 0 Å². The van der Waals surface area contributed by atoms with Crippen LogP contribution in [0.25, 0.3) is 15.6 Å². The van der Waals surface area contributed by atoms with E-state index in [4.69, 9.17) is 0 Å². The van der Waals surface area contributed by atoms with Crippen LogP contribution in [-0.2, 0) is 29.5 Å². The van der Waals surface area contributed by atoms with Crippen molar-refractivity contribution in [1.82, 2.24) is 4.98 Å². The molecule has 3 rings (SSSR count). The number of hydrogen-bond acceptors (Lipinski definition) is 3. The fourth-order valence-corrected chi connectivity index (χ4v) is 3.09. The second kappa shape index (κ2) is 6.55.